The first-order valence-electron chi connectivity index (χ1n) is 7.17. The van der Waals surface area contributed by atoms with Crippen LogP contribution in [0.3, 0.4) is 0 Å². The Bertz CT molecular complexity index is 761. The van der Waals surface area contributed by atoms with Crippen molar-refractivity contribution in [1.29, 1.82) is 0 Å². The molecule has 112 valence electrons. The standard InChI is InChI=1S/C16H14BrN3S2/c17-12-5-3-11(4-6-12)10-22-16-19-18-15(14-2-1-9-21-14)20(16)13-7-8-13/h1-6,9,13H,7-8,10H2. The van der Waals surface area contributed by atoms with Gasteiger partial charge in [0.1, 0.15) is 0 Å². The van der Waals surface area contributed by atoms with E-state index in [2.05, 4.69) is 72.5 Å². The maximum Gasteiger partial charge on any atom is 0.192 e. The van der Waals surface area contributed by atoms with E-state index in [0.717, 1.165) is 21.2 Å². The molecule has 0 atom stereocenters. The third-order valence-electron chi connectivity index (χ3n) is 3.60. The molecule has 1 aliphatic carbocycles. The van der Waals surface area contributed by atoms with Crippen LogP contribution in [0.2, 0.25) is 0 Å². The molecule has 3 nitrogen and oxygen atoms in total. The van der Waals surface area contributed by atoms with Crippen molar-refractivity contribution >= 4 is 39.0 Å². The smallest absolute Gasteiger partial charge is 0.192 e. The zero-order chi connectivity index (χ0) is 14.9. The van der Waals surface area contributed by atoms with Crippen LogP contribution in [0.25, 0.3) is 10.7 Å². The van der Waals surface area contributed by atoms with E-state index in [9.17, 15) is 0 Å². The van der Waals surface area contributed by atoms with Crippen molar-refractivity contribution in [2.24, 2.45) is 0 Å². The van der Waals surface area contributed by atoms with Crippen LogP contribution < -0.4 is 0 Å². The van der Waals surface area contributed by atoms with Crippen molar-refractivity contribution in [3.63, 3.8) is 0 Å². The minimum absolute atomic E-state index is 0.583. The van der Waals surface area contributed by atoms with Crippen LogP contribution in [-0.4, -0.2) is 14.8 Å². The Hall–Kier alpha value is -1.11. The maximum absolute atomic E-state index is 4.44. The summed E-state index contributed by atoms with van der Waals surface area (Å²) >= 11 is 6.97. The van der Waals surface area contributed by atoms with Crippen LogP contribution in [0.1, 0.15) is 24.4 Å². The molecule has 2 heterocycles. The van der Waals surface area contributed by atoms with Gasteiger partial charge in [0.2, 0.25) is 0 Å². The normalized spacial score (nSPS) is 14.4. The van der Waals surface area contributed by atoms with E-state index in [-0.39, 0.29) is 0 Å². The van der Waals surface area contributed by atoms with E-state index >= 15 is 0 Å². The summed E-state index contributed by atoms with van der Waals surface area (Å²) in [7, 11) is 0. The van der Waals surface area contributed by atoms with Crippen molar-refractivity contribution in [2.45, 2.75) is 29.8 Å². The fourth-order valence-corrected chi connectivity index (χ4v) is 4.27. The Balaban J connectivity index is 1.58. The van der Waals surface area contributed by atoms with Gasteiger partial charge < -0.3 is 0 Å². The van der Waals surface area contributed by atoms with E-state index in [0.29, 0.717) is 6.04 Å². The van der Waals surface area contributed by atoms with Gasteiger partial charge in [0.15, 0.2) is 11.0 Å². The van der Waals surface area contributed by atoms with Crippen LogP contribution in [0.15, 0.2) is 51.4 Å². The molecule has 0 radical (unpaired) electrons. The predicted molar refractivity (Wildman–Crippen MR) is 95.3 cm³/mol. The minimum Gasteiger partial charge on any atom is -0.298 e. The largest absolute Gasteiger partial charge is 0.298 e. The highest BCUT2D eigenvalue weighted by Crippen LogP contribution is 2.42. The minimum atomic E-state index is 0.583. The number of thioether (sulfide) groups is 1. The number of hydrogen-bond donors (Lipinski definition) is 0. The van der Waals surface area contributed by atoms with Gasteiger partial charge in [0, 0.05) is 16.3 Å². The van der Waals surface area contributed by atoms with Gasteiger partial charge in [-0.25, -0.2) is 0 Å². The summed E-state index contributed by atoms with van der Waals surface area (Å²) < 4.78 is 3.44. The van der Waals surface area contributed by atoms with Crippen LogP contribution >= 0.6 is 39.0 Å². The monoisotopic (exact) mass is 391 g/mol. The third kappa shape index (κ3) is 3.00. The zero-order valence-corrected chi connectivity index (χ0v) is 15.0. The molecule has 1 aromatic carbocycles. The van der Waals surface area contributed by atoms with Crippen molar-refractivity contribution in [2.75, 3.05) is 0 Å². The second-order valence-electron chi connectivity index (χ2n) is 5.30. The predicted octanol–water partition coefficient (Wildman–Crippen LogP) is 5.40. The van der Waals surface area contributed by atoms with Gasteiger partial charge >= 0.3 is 0 Å². The first kappa shape index (κ1) is 14.5. The average Bonchev–Trinajstić information content (AvgIpc) is 3.06. The molecule has 1 fully saturated rings. The van der Waals surface area contributed by atoms with Gasteiger partial charge in [-0.05, 0) is 42.0 Å². The zero-order valence-electron chi connectivity index (χ0n) is 11.8. The number of rotatable bonds is 5. The van der Waals surface area contributed by atoms with E-state index in [4.69, 9.17) is 0 Å². The van der Waals surface area contributed by atoms with Crippen molar-refractivity contribution in [3.05, 3.63) is 51.8 Å². The van der Waals surface area contributed by atoms with Crippen molar-refractivity contribution in [3.8, 4) is 10.7 Å². The van der Waals surface area contributed by atoms with E-state index in [1.54, 1.807) is 23.1 Å². The number of halogens is 1. The first-order valence-corrected chi connectivity index (χ1v) is 9.83. The molecule has 1 saturated carbocycles. The lowest BCUT2D eigenvalue weighted by molar-refractivity contribution is 0.670. The second kappa shape index (κ2) is 6.18. The highest BCUT2D eigenvalue weighted by atomic mass is 79.9. The number of aromatic nitrogens is 3. The number of nitrogens with zero attached hydrogens (tertiary/aromatic N) is 3. The summed E-state index contributed by atoms with van der Waals surface area (Å²) in [4.78, 5) is 1.20. The van der Waals surface area contributed by atoms with Gasteiger partial charge in [-0.1, -0.05) is 45.9 Å². The third-order valence-corrected chi connectivity index (χ3v) is 6.01. The van der Waals surface area contributed by atoms with Crippen LogP contribution in [0.5, 0.6) is 0 Å². The van der Waals surface area contributed by atoms with Gasteiger partial charge in [0.05, 0.1) is 4.88 Å². The summed E-state index contributed by atoms with van der Waals surface area (Å²) in [5.41, 5.74) is 1.30. The molecule has 0 unspecified atom stereocenters. The lowest BCUT2D eigenvalue weighted by atomic mass is 10.2. The molecule has 0 spiro atoms. The molecule has 0 bridgehead atoms. The highest BCUT2D eigenvalue weighted by Gasteiger charge is 2.30. The molecule has 3 aromatic rings. The fraction of sp³-hybridized carbons (Fsp3) is 0.250. The maximum atomic E-state index is 4.44. The van der Waals surface area contributed by atoms with Gasteiger partial charge in [-0.3, -0.25) is 4.57 Å². The molecular weight excluding hydrogens is 378 g/mol. The van der Waals surface area contributed by atoms with Crippen LogP contribution in [0.4, 0.5) is 0 Å². The van der Waals surface area contributed by atoms with E-state index < -0.39 is 0 Å². The highest BCUT2D eigenvalue weighted by molar-refractivity contribution is 9.10. The molecule has 22 heavy (non-hydrogen) atoms. The summed E-state index contributed by atoms with van der Waals surface area (Å²) in [6.45, 7) is 0. The molecular formula is C16H14BrN3S2. The molecule has 0 saturated heterocycles. The van der Waals surface area contributed by atoms with Crippen molar-refractivity contribution in [1.82, 2.24) is 14.8 Å². The fourth-order valence-electron chi connectivity index (χ4n) is 2.34. The van der Waals surface area contributed by atoms with E-state index in [1.165, 1.54) is 23.3 Å². The Morgan fingerprint density at radius 3 is 2.68 bits per heavy atom. The lowest BCUT2D eigenvalue weighted by Crippen LogP contribution is -1.98. The van der Waals surface area contributed by atoms with Crippen molar-refractivity contribution < 1.29 is 0 Å². The Morgan fingerprint density at radius 2 is 2.00 bits per heavy atom. The average molecular weight is 392 g/mol. The first-order chi connectivity index (χ1) is 10.8. The SMILES string of the molecule is Brc1ccc(CSc2nnc(-c3cccs3)n2C2CC2)cc1. The summed E-state index contributed by atoms with van der Waals surface area (Å²) in [6, 6.07) is 13.2. The Kier molecular flexibility index (Phi) is 4.07. The van der Waals surface area contributed by atoms with Gasteiger partial charge in [-0.15, -0.1) is 21.5 Å². The van der Waals surface area contributed by atoms with Gasteiger partial charge in [-0.2, -0.15) is 0 Å². The number of thiophene rings is 1. The summed E-state index contributed by atoms with van der Waals surface area (Å²) in [5, 5.41) is 12.0. The summed E-state index contributed by atoms with van der Waals surface area (Å²) in [5.74, 6) is 1.94. The number of benzene rings is 1. The second-order valence-corrected chi connectivity index (χ2v) is 8.11. The Labute approximate surface area is 145 Å². The molecule has 0 N–H and O–H groups in total. The molecule has 2 aromatic heterocycles. The summed E-state index contributed by atoms with van der Waals surface area (Å²) in [6.07, 6.45) is 2.48. The molecule has 0 amide bonds. The topological polar surface area (TPSA) is 30.7 Å². The number of hydrogen-bond acceptors (Lipinski definition) is 4. The quantitative estimate of drug-likeness (QED) is 0.545. The van der Waals surface area contributed by atoms with Gasteiger partial charge in [0.25, 0.3) is 0 Å². The van der Waals surface area contributed by atoms with E-state index in [1.807, 2.05) is 0 Å². The van der Waals surface area contributed by atoms with Crippen LogP contribution in [-0.2, 0) is 5.75 Å². The molecule has 1 aliphatic rings. The Morgan fingerprint density at radius 1 is 1.18 bits per heavy atom. The molecule has 4 rings (SSSR count). The molecule has 6 heteroatoms. The lowest BCUT2D eigenvalue weighted by Gasteiger charge is -2.07. The van der Waals surface area contributed by atoms with Crippen LogP contribution in [0, 0.1) is 0 Å². The molecule has 0 aliphatic heterocycles.